The molecule has 0 aromatic heterocycles. The first kappa shape index (κ1) is 19.2. The molecule has 0 spiro atoms. The van der Waals surface area contributed by atoms with E-state index >= 15 is 0 Å². The Morgan fingerprint density at radius 1 is 1.12 bits per heavy atom. The Kier molecular flexibility index (Phi) is 6.92. The number of carbonyl (C=O) groups is 2. The molecule has 2 aromatic rings. The van der Waals surface area contributed by atoms with E-state index in [9.17, 15) is 9.59 Å². The highest BCUT2D eigenvalue weighted by atomic mass is 16.5. The largest absolute Gasteiger partial charge is 0.464 e. The van der Waals surface area contributed by atoms with Crippen LogP contribution in [0.4, 0.5) is 0 Å². The number of nitrogens with one attached hydrogen (secondary N) is 1. The minimum absolute atomic E-state index is 0.205. The lowest BCUT2D eigenvalue weighted by atomic mass is 9.93. The van der Waals surface area contributed by atoms with Crippen molar-refractivity contribution in [1.82, 2.24) is 5.32 Å². The van der Waals surface area contributed by atoms with Crippen LogP contribution in [0.1, 0.15) is 41.4 Å². The molecule has 1 N–H and O–H groups in total. The van der Waals surface area contributed by atoms with Gasteiger partial charge in [0.25, 0.3) is 5.91 Å². The van der Waals surface area contributed by atoms with E-state index in [4.69, 9.17) is 10.00 Å². The van der Waals surface area contributed by atoms with Crippen LogP contribution in [-0.4, -0.2) is 18.5 Å². The third-order valence-electron chi connectivity index (χ3n) is 3.95. The molecule has 0 heterocycles. The second-order valence-electron chi connectivity index (χ2n) is 5.96. The van der Waals surface area contributed by atoms with Gasteiger partial charge in [0.2, 0.25) is 0 Å². The van der Waals surface area contributed by atoms with Gasteiger partial charge in [-0.25, -0.2) is 4.79 Å². The number of nitrogens with zero attached hydrogens (tertiary/aromatic N) is 1. The summed E-state index contributed by atoms with van der Waals surface area (Å²) in [6.45, 7) is 3.75. The average molecular weight is 350 g/mol. The fourth-order valence-corrected chi connectivity index (χ4v) is 2.67. The zero-order valence-electron chi connectivity index (χ0n) is 14.9. The fraction of sp³-hybridized carbons (Fsp3) is 0.286. The maximum atomic E-state index is 12.6. The Morgan fingerprint density at radius 3 is 2.42 bits per heavy atom. The maximum absolute atomic E-state index is 12.6. The molecule has 0 bridgehead atoms. The van der Waals surface area contributed by atoms with Gasteiger partial charge < -0.3 is 10.1 Å². The molecule has 0 saturated carbocycles. The minimum atomic E-state index is -0.926. The average Bonchev–Trinajstić information content (AvgIpc) is 2.67. The molecule has 0 radical (unpaired) electrons. The van der Waals surface area contributed by atoms with E-state index in [-0.39, 0.29) is 18.4 Å². The van der Waals surface area contributed by atoms with Crippen molar-refractivity contribution in [1.29, 1.82) is 5.26 Å². The SMILES string of the molecule is CCOC(=O)C(NC(=O)c1ccccc1)c1ccccc1CC(C)C#N. The van der Waals surface area contributed by atoms with Crippen LogP contribution in [0, 0.1) is 17.2 Å². The summed E-state index contributed by atoms with van der Waals surface area (Å²) in [4.78, 5) is 25.1. The lowest BCUT2D eigenvalue weighted by molar-refractivity contribution is -0.145. The van der Waals surface area contributed by atoms with Crippen molar-refractivity contribution in [2.75, 3.05) is 6.61 Å². The van der Waals surface area contributed by atoms with E-state index in [1.54, 1.807) is 43.3 Å². The minimum Gasteiger partial charge on any atom is -0.464 e. The van der Waals surface area contributed by atoms with Crippen LogP contribution in [0.2, 0.25) is 0 Å². The van der Waals surface area contributed by atoms with Gasteiger partial charge in [-0.2, -0.15) is 5.26 Å². The highest BCUT2D eigenvalue weighted by Gasteiger charge is 2.27. The second kappa shape index (κ2) is 9.38. The van der Waals surface area contributed by atoms with Gasteiger partial charge in [0.05, 0.1) is 12.7 Å². The van der Waals surface area contributed by atoms with Crippen molar-refractivity contribution in [3.05, 3.63) is 71.3 Å². The maximum Gasteiger partial charge on any atom is 0.333 e. The number of esters is 1. The topological polar surface area (TPSA) is 79.2 Å². The van der Waals surface area contributed by atoms with Gasteiger partial charge >= 0.3 is 5.97 Å². The molecular formula is C21H22N2O3. The smallest absolute Gasteiger partial charge is 0.333 e. The van der Waals surface area contributed by atoms with Crippen LogP contribution >= 0.6 is 0 Å². The van der Waals surface area contributed by atoms with Crippen LogP contribution in [0.5, 0.6) is 0 Å². The molecule has 134 valence electrons. The summed E-state index contributed by atoms with van der Waals surface area (Å²) in [6, 6.07) is 17.3. The quantitative estimate of drug-likeness (QED) is 0.776. The number of hydrogen-bond donors (Lipinski definition) is 1. The lowest BCUT2D eigenvalue weighted by Crippen LogP contribution is -2.35. The summed E-state index contributed by atoms with van der Waals surface area (Å²) < 4.78 is 5.16. The van der Waals surface area contributed by atoms with E-state index in [1.807, 2.05) is 25.1 Å². The van der Waals surface area contributed by atoms with Gasteiger partial charge in [-0.1, -0.05) is 42.5 Å². The third-order valence-corrected chi connectivity index (χ3v) is 3.95. The molecule has 0 saturated heterocycles. The van der Waals surface area contributed by atoms with Gasteiger partial charge in [-0.15, -0.1) is 0 Å². The van der Waals surface area contributed by atoms with Crippen molar-refractivity contribution in [3.8, 4) is 6.07 Å². The van der Waals surface area contributed by atoms with Crippen LogP contribution in [0.15, 0.2) is 54.6 Å². The number of amides is 1. The predicted octanol–water partition coefficient (Wildman–Crippen LogP) is 3.42. The van der Waals surface area contributed by atoms with E-state index in [1.165, 1.54) is 0 Å². The molecular weight excluding hydrogens is 328 g/mol. The molecule has 2 unspecified atom stereocenters. The molecule has 5 nitrogen and oxygen atoms in total. The highest BCUT2D eigenvalue weighted by Crippen LogP contribution is 2.23. The number of nitriles is 1. The van der Waals surface area contributed by atoms with E-state index < -0.39 is 12.0 Å². The van der Waals surface area contributed by atoms with Crippen LogP contribution < -0.4 is 5.32 Å². The van der Waals surface area contributed by atoms with Gasteiger partial charge in [-0.05, 0) is 43.5 Å². The van der Waals surface area contributed by atoms with Crippen LogP contribution in [0.3, 0.4) is 0 Å². The Hall–Kier alpha value is -3.13. The number of hydrogen-bond acceptors (Lipinski definition) is 4. The second-order valence-corrected chi connectivity index (χ2v) is 5.96. The summed E-state index contributed by atoms with van der Waals surface area (Å²) >= 11 is 0. The first-order valence-corrected chi connectivity index (χ1v) is 8.56. The molecule has 2 rings (SSSR count). The van der Waals surface area contributed by atoms with E-state index in [0.717, 1.165) is 5.56 Å². The fourth-order valence-electron chi connectivity index (χ4n) is 2.67. The summed E-state index contributed by atoms with van der Waals surface area (Å²) in [6.07, 6.45) is 0.490. The van der Waals surface area contributed by atoms with Crippen LogP contribution in [-0.2, 0) is 16.0 Å². The highest BCUT2D eigenvalue weighted by molar-refractivity contribution is 5.97. The Balaban J connectivity index is 2.35. The summed E-state index contributed by atoms with van der Waals surface area (Å²) in [5.41, 5.74) is 1.95. The van der Waals surface area contributed by atoms with Gasteiger partial charge in [0.1, 0.15) is 0 Å². The number of ether oxygens (including phenoxy) is 1. The van der Waals surface area contributed by atoms with Crippen molar-refractivity contribution in [2.45, 2.75) is 26.3 Å². The molecule has 2 atom stereocenters. The molecule has 2 aromatic carbocycles. The Bertz CT molecular complexity index is 796. The summed E-state index contributed by atoms with van der Waals surface area (Å²) in [5, 5.41) is 11.9. The Labute approximate surface area is 153 Å². The molecule has 0 aliphatic carbocycles. The normalized spacial score (nSPS) is 12.5. The molecule has 26 heavy (non-hydrogen) atoms. The summed E-state index contributed by atoms with van der Waals surface area (Å²) in [5.74, 6) is -1.08. The molecule has 0 fully saturated rings. The third kappa shape index (κ3) is 4.93. The summed E-state index contributed by atoms with van der Waals surface area (Å²) in [7, 11) is 0. The first-order valence-electron chi connectivity index (χ1n) is 8.56. The van der Waals surface area contributed by atoms with Crippen molar-refractivity contribution in [2.24, 2.45) is 5.92 Å². The molecule has 5 heteroatoms. The monoisotopic (exact) mass is 350 g/mol. The number of benzene rings is 2. The van der Waals surface area contributed by atoms with Gasteiger partial charge in [0, 0.05) is 11.5 Å². The zero-order valence-corrected chi connectivity index (χ0v) is 14.9. The van der Waals surface area contributed by atoms with E-state index in [0.29, 0.717) is 17.5 Å². The van der Waals surface area contributed by atoms with Crippen molar-refractivity contribution >= 4 is 11.9 Å². The zero-order chi connectivity index (χ0) is 18.9. The molecule has 0 aliphatic rings. The standard InChI is InChI=1S/C21H22N2O3/c1-3-26-21(25)19(23-20(24)16-9-5-4-6-10-16)18-12-8-7-11-17(18)13-15(2)14-22/h4-12,15,19H,3,13H2,1-2H3,(H,23,24). The van der Waals surface area contributed by atoms with Gasteiger partial charge in [-0.3, -0.25) is 4.79 Å². The molecule has 1 amide bonds. The number of carbonyl (C=O) groups excluding carboxylic acids is 2. The van der Waals surface area contributed by atoms with Crippen LogP contribution in [0.25, 0.3) is 0 Å². The van der Waals surface area contributed by atoms with Crippen molar-refractivity contribution in [3.63, 3.8) is 0 Å². The Morgan fingerprint density at radius 2 is 1.77 bits per heavy atom. The van der Waals surface area contributed by atoms with Crippen molar-refractivity contribution < 1.29 is 14.3 Å². The first-order chi connectivity index (χ1) is 12.6. The van der Waals surface area contributed by atoms with E-state index in [2.05, 4.69) is 11.4 Å². The number of rotatable bonds is 7. The molecule has 0 aliphatic heterocycles. The lowest BCUT2D eigenvalue weighted by Gasteiger charge is -2.21. The van der Waals surface area contributed by atoms with Gasteiger partial charge in [0.15, 0.2) is 6.04 Å². The predicted molar refractivity (Wildman–Crippen MR) is 98.2 cm³/mol.